The number of hydrogen-bond donors (Lipinski definition) is 0. The maximum Gasteiger partial charge on any atom is 0.357 e. The number of ether oxygens (including phenoxy) is 2. The fourth-order valence-corrected chi connectivity index (χ4v) is 1.69. The van der Waals surface area contributed by atoms with Crippen LogP contribution in [0.2, 0.25) is 0 Å². The molecule has 1 aliphatic rings. The summed E-state index contributed by atoms with van der Waals surface area (Å²) in [6.07, 6.45) is 2.12. The molecule has 0 atom stereocenters. The molecule has 2 rings (SSSR count). The molecule has 0 bridgehead atoms. The van der Waals surface area contributed by atoms with Crippen LogP contribution in [0.25, 0.3) is 5.76 Å². The van der Waals surface area contributed by atoms with Crippen LogP contribution >= 0.6 is 0 Å². The molecular formula is C14H18N2O3. The monoisotopic (exact) mass is 262 g/mol. The number of aromatic nitrogens is 2. The lowest BCUT2D eigenvalue weighted by Crippen LogP contribution is -2.11. The molecular weight excluding hydrogens is 244 g/mol. The summed E-state index contributed by atoms with van der Waals surface area (Å²) in [4.78, 5) is 20.5. The maximum atomic E-state index is 11.8. The van der Waals surface area contributed by atoms with E-state index < -0.39 is 5.97 Å². The SMILES string of the molecule is C=C(OCC)c1cc(C(=O)OCC)nc(C2CC2)n1. The van der Waals surface area contributed by atoms with E-state index in [4.69, 9.17) is 9.47 Å². The molecule has 0 saturated heterocycles. The fourth-order valence-electron chi connectivity index (χ4n) is 1.69. The zero-order valence-corrected chi connectivity index (χ0v) is 11.3. The van der Waals surface area contributed by atoms with Gasteiger partial charge >= 0.3 is 5.97 Å². The molecule has 1 aliphatic carbocycles. The molecule has 5 nitrogen and oxygen atoms in total. The lowest BCUT2D eigenvalue weighted by molar-refractivity contribution is 0.0518. The molecule has 0 aromatic carbocycles. The molecule has 19 heavy (non-hydrogen) atoms. The van der Waals surface area contributed by atoms with Gasteiger partial charge in [0.25, 0.3) is 0 Å². The molecule has 1 heterocycles. The minimum atomic E-state index is -0.433. The van der Waals surface area contributed by atoms with Crippen molar-refractivity contribution in [2.45, 2.75) is 32.6 Å². The highest BCUT2D eigenvalue weighted by molar-refractivity contribution is 5.88. The number of nitrogens with zero attached hydrogens (tertiary/aromatic N) is 2. The Morgan fingerprint density at radius 3 is 2.47 bits per heavy atom. The molecule has 0 spiro atoms. The summed E-state index contributed by atoms with van der Waals surface area (Å²) >= 11 is 0. The van der Waals surface area contributed by atoms with Crippen molar-refractivity contribution < 1.29 is 14.3 Å². The second-order valence-electron chi connectivity index (χ2n) is 4.35. The van der Waals surface area contributed by atoms with Gasteiger partial charge < -0.3 is 9.47 Å². The summed E-state index contributed by atoms with van der Waals surface area (Å²) in [7, 11) is 0. The Bertz CT molecular complexity index is 459. The van der Waals surface area contributed by atoms with Crippen molar-refractivity contribution in [1.29, 1.82) is 0 Å². The van der Waals surface area contributed by atoms with Crippen molar-refractivity contribution in [1.82, 2.24) is 9.97 Å². The van der Waals surface area contributed by atoms with Gasteiger partial charge in [-0.05, 0) is 26.7 Å². The molecule has 0 N–H and O–H groups in total. The van der Waals surface area contributed by atoms with Crippen LogP contribution in [-0.2, 0) is 9.47 Å². The van der Waals surface area contributed by atoms with Gasteiger partial charge in [0.05, 0.1) is 13.2 Å². The van der Waals surface area contributed by atoms with Gasteiger partial charge in [0.15, 0.2) is 5.69 Å². The first-order valence-electron chi connectivity index (χ1n) is 6.53. The van der Waals surface area contributed by atoms with E-state index in [1.54, 1.807) is 13.0 Å². The molecule has 0 unspecified atom stereocenters. The first kappa shape index (κ1) is 13.5. The highest BCUT2D eigenvalue weighted by Gasteiger charge is 2.28. The zero-order valence-electron chi connectivity index (χ0n) is 11.3. The fraction of sp³-hybridized carbons (Fsp3) is 0.500. The molecule has 102 valence electrons. The van der Waals surface area contributed by atoms with E-state index in [1.165, 1.54) is 0 Å². The Kier molecular flexibility index (Phi) is 4.14. The minimum absolute atomic E-state index is 0.273. The summed E-state index contributed by atoms with van der Waals surface area (Å²) < 4.78 is 10.3. The topological polar surface area (TPSA) is 61.3 Å². The van der Waals surface area contributed by atoms with Gasteiger partial charge in [-0.25, -0.2) is 14.8 Å². The maximum absolute atomic E-state index is 11.8. The van der Waals surface area contributed by atoms with Crippen molar-refractivity contribution in [3.8, 4) is 0 Å². The molecule has 0 radical (unpaired) electrons. The van der Waals surface area contributed by atoms with Crippen molar-refractivity contribution in [2.75, 3.05) is 13.2 Å². The van der Waals surface area contributed by atoms with Crippen LogP contribution in [0, 0.1) is 0 Å². The van der Waals surface area contributed by atoms with E-state index in [0.29, 0.717) is 36.4 Å². The third kappa shape index (κ3) is 3.30. The largest absolute Gasteiger partial charge is 0.492 e. The standard InChI is InChI=1S/C14H18N2O3/c1-4-18-9(3)11-8-12(14(17)19-5-2)16-13(15-11)10-6-7-10/h8,10H,3-7H2,1-2H3. The van der Waals surface area contributed by atoms with Gasteiger partial charge in [0, 0.05) is 12.0 Å². The van der Waals surface area contributed by atoms with Gasteiger partial charge in [-0.15, -0.1) is 0 Å². The molecule has 1 aromatic rings. The summed E-state index contributed by atoms with van der Waals surface area (Å²) in [6.45, 7) is 8.29. The molecule has 1 aromatic heterocycles. The smallest absolute Gasteiger partial charge is 0.357 e. The Morgan fingerprint density at radius 2 is 1.89 bits per heavy atom. The Hall–Kier alpha value is -1.91. The lowest BCUT2D eigenvalue weighted by Gasteiger charge is -2.09. The quantitative estimate of drug-likeness (QED) is 0.582. The summed E-state index contributed by atoms with van der Waals surface area (Å²) in [5.74, 6) is 1.05. The van der Waals surface area contributed by atoms with Crippen LogP contribution in [0.3, 0.4) is 0 Å². The van der Waals surface area contributed by atoms with E-state index in [0.717, 1.165) is 12.8 Å². The van der Waals surface area contributed by atoms with Gasteiger partial charge in [-0.1, -0.05) is 6.58 Å². The van der Waals surface area contributed by atoms with Crippen molar-refractivity contribution in [3.05, 3.63) is 29.9 Å². The number of carbonyl (C=O) groups excluding carboxylic acids is 1. The van der Waals surface area contributed by atoms with E-state index >= 15 is 0 Å². The molecule has 0 aliphatic heterocycles. The van der Waals surface area contributed by atoms with E-state index in [9.17, 15) is 4.79 Å². The molecule has 1 saturated carbocycles. The second kappa shape index (κ2) is 5.82. The van der Waals surface area contributed by atoms with E-state index in [2.05, 4.69) is 16.5 Å². The van der Waals surface area contributed by atoms with Gasteiger partial charge in [-0.3, -0.25) is 0 Å². The second-order valence-corrected chi connectivity index (χ2v) is 4.35. The number of rotatable bonds is 6. The zero-order chi connectivity index (χ0) is 13.8. The van der Waals surface area contributed by atoms with E-state index in [-0.39, 0.29) is 5.69 Å². The van der Waals surface area contributed by atoms with Crippen molar-refractivity contribution in [2.24, 2.45) is 0 Å². The van der Waals surface area contributed by atoms with Crippen LogP contribution in [0.4, 0.5) is 0 Å². The Labute approximate surface area is 112 Å². The third-order valence-corrected chi connectivity index (χ3v) is 2.77. The average molecular weight is 262 g/mol. The van der Waals surface area contributed by atoms with Gasteiger partial charge in [0.2, 0.25) is 0 Å². The van der Waals surface area contributed by atoms with Crippen LogP contribution in [0.15, 0.2) is 12.6 Å². The first-order valence-corrected chi connectivity index (χ1v) is 6.53. The summed E-state index contributed by atoms with van der Waals surface area (Å²) in [5, 5.41) is 0. The highest BCUT2D eigenvalue weighted by Crippen LogP contribution is 2.38. The van der Waals surface area contributed by atoms with Gasteiger partial charge in [0.1, 0.15) is 17.3 Å². The number of hydrogen-bond acceptors (Lipinski definition) is 5. The number of esters is 1. The Morgan fingerprint density at radius 1 is 1.26 bits per heavy atom. The Balaban J connectivity index is 2.32. The van der Waals surface area contributed by atoms with Crippen LogP contribution < -0.4 is 0 Å². The average Bonchev–Trinajstić information content (AvgIpc) is 3.23. The molecule has 1 fully saturated rings. The molecule has 0 amide bonds. The van der Waals surface area contributed by atoms with Gasteiger partial charge in [-0.2, -0.15) is 0 Å². The van der Waals surface area contributed by atoms with Crippen LogP contribution in [0.5, 0.6) is 0 Å². The third-order valence-electron chi connectivity index (χ3n) is 2.77. The van der Waals surface area contributed by atoms with Crippen LogP contribution in [0.1, 0.15) is 54.6 Å². The normalized spacial score (nSPS) is 14.0. The predicted octanol–water partition coefficient (Wildman–Crippen LogP) is 2.54. The summed E-state index contributed by atoms with van der Waals surface area (Å²) in [5.41, 5.74) is 0.830. The highest BCUT2D eigenvalue weighted by atomic mass is 16.5. The predicted molar refractivity (Wildman–Crippen MR) is 70.6 cm³/mol. The van der Waals surface area contributed by atoms with Crippen LogP contribution in [-0.4, -0.2) is 29.2 Å². The van der Waals surface area contributed by atoms with Crippen molar-refractivity contribution in [3.63, 3.8) is 0 Å². The molecule has 5 heteroatoms. The summed E-state index contributed by atoms with van der Waals surface area (Å²) in [6, 6.07) is 1.57. The number of carbonyl (C=O) groups is 1. The van der Waals surface area contributed by atoms with Crippen molar-refractivity contribution >= 4 is 11.7 Å². The minimum Gasteiger partial charge on any atom is -0.492 e. The lowest BCUT2D eigenvalue weighted by atomic mass is 10.2. The first-order chi connectivity index (χ1) is 9.15. The van der Waals surface area contributed by atoms with E-state index in [1.807, 2.05) is 6.92 Å².